The van der Waals surface area contributed by atoms with Crippen molar-refractivity contribution >= 4 is 21.8 Å². The van der Waals surface area contributed by atoms with Crippen LogP contribution in [0.1, 0.15) is 5.69 Å². The fourth-order valence-corrected chi connectivity index (χ4v) is 3.85. The summed E-state index contributed by atoms with van der Waals surface area (Å²) in [5, 5.41) is 10.9. The number of ether oxygens (including phenoxy) is 4. The maximum Gasteiger partial charge on any atom is 0.113 e. The van der Waals surface area contributed by atoms with Crippen LogP contribution < -0.4 is 0 Å². The highest BCUT2D eigenvalue weighted by atomic mass is 16.6. The summed E-state index contributed by atoms with van der Waals surface area (Å²) in [7, 11) is 2.08. The van der Waals surface area contributed by atoms with Crippen molar-refractivity contribution in [2.24, 2.45) is 7.05 Å². The summed E-state index contributed by atoms with van der Waals surface area (Å²) in [5.41, 5.74) is 5.19. The maximum atomic E-state index is 8.59. The Kier molecular flexibility index (Phi) is 9.79. The van der Waals surface area contributed by atoms with E-state index in [-0.39, 0.29) is 6.61 Å². The van der Waals surface area contributed by atoms with Gasteiger partial charge in [-0.1, -0.05) is 24.1 Å². The molecule has 1 N–H and O–H groups in total. The van der Waals surface area contributed by atoms with E-state index in [0.717, 1.165) is 22.0 Å². The number of nitrogens with zero attached hydrogens (tertiary/aromatic N) is 3. The third kappa shape index (κ3) is 6.88. The first kappa shape index (κ1) is 25.8. The predicted octanol–water partition coefficient (Wildman–Crippen LogP) is 3.20. The Morgan fingerprint density at radius 3 is 2.22 bits per heavy atom. The molecule has 0 fully saturated rings. The highest BCUT2D eigenvalue weighted by molar-refractivity contribution is 6.08. The van der Waals surface area contributed by atoms with Gasteiger partial charge >= 0.3 is 0 Å². The number of fused-ring (bicyclic) bond motifs is 3. The molecule has 0 saturated heterocycles. The summed E-state index contributed by atoms with van der Waals surface area (Å²) in [5.74, 6) is 6.02. The van der Waals surface area contributed by atoms with Crippen molar-refractivity contribution in [2.45, 2.75) is 0 Å². The molecule has 0 aliphatic rings. The van der Waals surface area contributed by atoms with Crippen LogP contribution in [0.3, 0.4) is 0 Å². The number of aromatic nitrogens is 3. The summed E-state index contributed by atoms with van der Waals surface area (Å²) in [6, 6.07) is 12.5. The van der Waals surface area contributed by atoms with E-state index in [4.69, 9.17) is 24.1 Å². The van der Waals surface area contributed by atoms with Gasteiger partial charge in [0.2, 0.25) is 0 Å². The minimum atomic E-state index is 0.0266. The molecule has 0 amide bonds. The highest BCUT2D eigenvalue weighted by Crippen LogP contribution is 2.31. The van der Waals surface area contributed by atoms with Crippen molar-refractivity contribution in [2.75, 3.05) is 59.5 Å². The Labute approximate surface area is 210 Å². The van der Waals surface area contributed by atoms with Crippen LogP contribution in [-0.2, 0) is 26.0 Å². The van der Waals surface area contributed by atoms with E-state index < -0.39 is 0 Å². The van der Waals surface area contributed by atoms with Gasteiger partial charge in [0, 0.05) is 47.5 Å². The molecule has 8 heteroatoms. The van der Waals surface area contributed by atoms with E-state index in [1.54, 1.807) is 0 Å². The number of aliphatic hydroxyl groups excluding tert-OH is 1. The van der Waals surface area contributed by atoms with E-state index >= 15 is 0 Å². The molecule has 0 aliphatic carbocycles. The quantitative estimate of drug-likeness (QED) is 0.228. The summed E-state index contributed by atoms with van der Waals surface area (Å²) >= 11 is 0. The Morgan fingerprint density at radius 1 is 0.778 bits per heavy atom. The monoisotopic (exact) mass is 489 g/mol. The van der Waals surface area contributed by atoms with Crippen LogP contribution in [0.4, 0.5) is 0 Å². The average Bonchev–Trinajstić information content (AvgIpc) is 3.20. The molecule has 0 unspecified atom stereocenters. The van der Waals surface area contributed by atoms with Crippen molar-refractivity contribution in [1.82, 2.24) is 14.5 Å². The van der Waals surface area contributed by atoms with Gasteiger partial charge in [-0.3, -0.25) is 4.98 Å². The molecule has 4 rings (SSSR count). The van der Waals surface area contributed by atoms with Gasteiger partial charge in [0.1, 0.15) is 12.3 Å². The van der Waals surface area contributed by atoms with Gasteiger partial charge in [-0.15, -0.1) is 0 Å². The average molecular weight is 490 g/mol. The Hall–Kier alpha value is -3.32. The SMILES string of the molecule is Cn1c2ccncc2c2ccc(-c3ccc(C#CCOCCOCCOCCOCCO)nc3)cc21. The lowest BCUT2D eigenvalue weighted by molar-refractivity contribution is -0.00291. The standard InChI is InChI=1S/C28H31N3O5/c1-31-27-8-9-29-21-26(27)25-7-5-22(19-28(25)31)23-4-6-24(30-20-23)3-2-11-33-13-15-35-17-18-36-16-14-34-12-10-32/h4-9,19-21,32H,10-18H2,1H3. The molecule has 0 saturated carbocycles. The normalized spacial score (nSPS) is 11.2. The smallest absolute Gasteiger partial charge is 0.113 e. The topological polar surface area (TPSA) is 87.9 Å². The molecular weight excluding hydrogens is 458 g/mol. The minimum absolute atomic E-state index is 0.0266. The third-order valence-corrected chi connectivity index (χ3v) is 5.65. The summed E-state index contributed by atoms with van der Waals surface area (Å²) in [6.45, 7) is 3.58. The second-order valence-corrected chi connectivity index (χ2v) is 8.03. The molecular formula is C28H31N3O5. The number of aryl methyl sites for hydroxylation is 1. The molecule has 0 spiro atoms. The molecule has 188 valence electrons. The van der Waals surface area contributed by atoms with E-state index in [2.05, 4.69) is 51.6 Å². The molecule has 8 nitrogen and oxygen atoms in total. The first-order valence-electron chi connectivity index (χ1n) is 12.0. The van der Waals surface area contributed by atoms with E-state index in [1.165, 1.54) is 10.9 Å². The highest BCUT2D eigenvalue weighted by Gasteiger charge is 2.09. The van der Waals surface area contributed by atoms with Crippen molar-refractivity contribution < 1.29 is 24.1 Å². The van der Waals surface area contributed by atoms with Crippen LogP contribution in [0, 0.1) is 11.8 Å². The van der Waals surface area contributed by atoms with Crippen LogP contribution in [0.2, 0.25) is 0 Å². The van der Waals surface area contributed by atoms with Crippen LogP contribution >= 0.6 is 0 Å². The lowest BCUT2D eigenvalue weighted by atomic mass is 10.1. The third-order valence-electron chi connectivity index (χ3n) is 5.65. The lowest BCUT2D eigenvalue weighted by Crippen LogP contribution is -2.12. The molecule has 0 radical (unpaired) electrons. The number of pyridine rings is 2. The van der Waals surface area contributed by atoms with Crippen LogP contribution in [0.5, 0.6) is 0 Å². The zero-order chi connectivity index (χ0) is 25.0. The fourth-order valence-electron chi connectivity index (χ4n) is 3.85. The molecule has 0 atom stereocenters. The number of hydrogen-bond acceptors (Lipinski definition) is 7. The largest absolute Gasteiger partial charge is 0.394 e. The molecule has 36 heavy (non-hydrogen) atoms. The Balaban J connectivity index is 1.18. The van der Waals surface area contributed by atoms with E-state index in [9.17, 15) is 0 Å². The Morgan fingerprint density at radius 2 is 1.50 bits per heavy atom. The minimum Gasteiger partial charge on any atom is -0.394 e. The number of rotatable bonds is 13. The van der Waals surface area contributed by atoms with Crippen molar-refractivity contribution in [3.05, 3.63) is 60.7 Å². The first-order chi connectivity index (χ1) is 17.8. The maximum absolute atomic E-state index is 8.59. The zero-order valence-electron chi connectivity index (χ0n) is 20.5. The number of benzene rings is 1. The van der Waals surface area contributed by atoms with Crippen molar-refractivity contribution in [1.29, 1.82) is 0 Å². The van der Waals surface area contributed by atoms with Gasteiger partial charge in [0.15, 0.2) is 0 Å². The summed E-state index contributed by atoms with van der Waals surface area (Å²) in [6.07, 6.45) is 5.59. The van der Waals surface area contributed by atoms with E-state index in [1.807, 2.05) is 36.8 Å². The summed E-state index contributed by atoms with van der Waals surface area (Å²) in [4.78, 5) is 8.76. The molecule has 3 heterocycles. The fraction of sp³-hybridized carbons (Fsp3) is 0.357. The molecule has 3 aromatic heterocycles. The van der Waals surface area contributed by atoms with Gasteiger partial charge in [-0.25, -0.2) is 4.98 Å². The van der Waals surface area contributed by atoms with Crippen molar-refractivity contribution in [3.8, 4) is 23.0 Å². The molecule has 4 aromatic rings. The van der Waals surface area contributed by atoms with Gasteiger partial charge in [-0.2, -0.15) is 0 Å². The molecule has 0 bridgehead atoms. The Bertz CT molecular complexity index is 1310. The van der Waals surface area contributed by atoms with E-state index in [0.29, 0.717) is 58.5 Å². The summed E-state index contributed by atoms with van der Waals surface area (Å²) < 4.78 is 23.5. The molecule has 1 aromatic carbocycles. The second kappa shape index (κ2) is 13.7. The number of aliphatic hydroxyl groups is 1. The van der Waals surface area contributed by atoms with Gasteiger partial charge < -0.3 is 28.6 Å². The van der Waals surface area contributed by atoms with Crippen LogP contribution in [0.15, 0.2) is 55.0 Å². The van der Waals surface area contributed by atoms with Gasteiger partial charge in [0.25, 0.3) is 0 Å². The van der Waals surface area contributed by atoms with Crippen LogP contribution in [-0.4, -0.2) is 79.1 Å². The first-order valence-corrected chi connectivity index (χ1v) is 12.0. The van der Waals surface area contributed by atoms with Crippen molar-refractivity contribution in [3.63, 3.8) is 0 Å². The van der Waals surface area contributed by atoms with Crippen LogP contribution in [0.25, 0.3) is 32.9 Å². The molecule has 0 aliphatic heterocycles. The predicted molar refractivity (Wildman–Crippen MR) is 139 cm³/mol. The van der Waals surface area contributed by atoms with Gasteiger partial charge in [-0.05, 0) is 29.7 Å². The zero-order valence-corrected chi connectivity index (χ0v) is 20.5. The lowest BCUT2D eigenvalue weighted by Gasteiger charge is -2.06. The second-order valence-electron chi connectivity index (χ2n) is 8.03. The number of hydrogen-bond donors (Lipinski definition) is 1. The van der Waals surface area contributed by atoms with Gasteiger partial charge in [0.05, 0.1) is 58.4 Å².